The second kappa shape index (κ2) is 9.19. The number of morpholine rings is 1. The van der Waals surface area contributed by atoms with Crippen molar-refractivity contribution in [3.8, 4) is 0 Å². The third-order valence-electron chi connectivity index (χ3n) is 6.17. The van der Waals surface area contributed by atoms with Crippen molar-refractivity contribution in [2.45, 2.75) is 44.1 Å². The van der Waals surface area contributed by atoms with Gasteiger partial charge in [-0.3, -0.25) is 9.89 Å². The third kappa shape index (κ3) is 4.86. The van der Waals surface area contributed by atoms with Crippen molar-refractivity contribution in [2.75, 3.05) is 66.7 Å². The molecule has 1 unspecified atom stereocenters. The summed E-state index contributed by atoms with van der Waals surface area (Å²) in [6.07, 6.45) is 7.80. The average molecular weight is 353 g/mol. The maximum absolute atomic E-state index is 5.59. The number of rotatable bonds is 5. The molecule has 2 saturated heterocycles. The minimum Gasteiger partial charge on any atom is -0.381 e. The van der Waals surface area contributed by atoms with Gasteiger partial charge in [-0.2, -0.15) is 0 Å². The Balaban J connectivity index is 1.58. The quantitative estimate of drug-likeness (QED) is 0.601. The van der Waals surface area contributed by atoms with Crippen LogP contribution in [0, 0.1) is 5.92 Å². The molecule has 0 spiro atoms. The van der Waals surface area contributed by atoms with Gasteiger partial charge in [0.15, 0.2) is 5.96 Å². The van der Waals surface area contributed by atoms with Crippen molar-refractivity contribution < 1.29 is 9.47 Å². The molecule has 0 radical (unpaired) electrons. The van der Waals surface area contributed by atoms with Gasteiger partial charge < -0.3 is 19.7 Å². The molecular weight excluding hydrogens is 316 g/mol. The standard InChI is InChI=1S/C19H36N4O2/c1-20-18(22(2)14-17-6-11-25-15-17)21-16-19(7-4-3-5-8-19)23-9-12-24-13-10-23/h17H,3-16H2,1-2H3,(H,20,21). The number of guanidine groups is 1. The van der Waals surface area contributed by atoms with Gasteiger partial charge in [0.05, 0.1) is 19.8 Å². The second-order valence-electron chi connectivity index (χ2n) is 7.90. The Morgan fingerprint density at radius 2 is 1.92 bits per heavy atom. The topological polar surface area (TPSA) is 49.3 Å². The number of hydrogen-bond acceptors (Lipinski definition) is 4. The molecule has 0 aromatic carbocycles. The SMILES string of the molecule is CN=C(NCC1(N2CCOCC2)CCCCC1)N(C)CC1CCOC1. The Labute approximate surface area is 152 Å². The molecule has 0 aromatic rings. The lowest BCUT2D eigenvalue weighted by Crippen LogP contribution is -2.60. The highest BCUT2D eigenvalue weighted by atomic mass is 16.5. The normalized spacial score (nSPS) is 28.1. The fraction of sp³-hybridized carbons (Fsp3) is 0.947. The van der Waals surface area contributed by atoms with Crippen molar-refractivity contribution in [3.05, 3.63) is 0 Å². The van der Waals surface area contributed by atoms with Crippen LogP contribution in [0.25, 0.3) is 0 Å². The van der Waals surface area contributed by atoms with E-state index in [2.05, 4.69) is 27.2 Å². The van der Waals surface area contributed by atoms with Crippen molar-refractivity contribution in [1.82, 2.24) is 15.1 Å². The van der Waals surface area contributed by atoms with Gasteiger partial charge in [-0.25, -0.2) is 0 Å². The highest BCUT2D eigenvalue weighted by Crippen LogP contribution is 2.33. The molecule has 0 amide bonds. The van der Waals surface area contributed by atoms with Gasteiger partial charge in [-0.15, -0.1) is 0 Å². The van der Waals surface area contributed by atoms with E-state index in [-0.39, 0.29) is 5.54 Å². The zero-order chi connectivity index (χ0) is 17.5. The molecule has 2 heterocycles. The average Bonchev–Trinajstić information content (AvgIpc) is 3.17. The van der Waals surface area contributed by atoms with Crippen LogP contribution in [0.1, 0.15) is 38.5 Å². The molecule has 1 saturated carbocycles. The summed E-state index contributed by atoms with van der Waals surface area (Å²) in [6.45, 7) is 7.68. The molecule has 6 nitrogen and oxygen atoms in total. The lowest BCUT2D eigenvalue weighted by molar-refractivity contribution is -0.0354. The maximum Gasteiger partial charge on any atom is 0.193 e. The first-order valence-corrected chi connectivity index (χ1v) is 10.1. The minimum absolute atomic E-state index is 0.273. The molecule has 3 fully saturated rings. The first-order chi connectivity index (χ1) is 12.2. The van der Waals surface area contributed by atoms with E-state index in [1.807, 2.05) is 7.05 Å². The summed E-state index contributed by atoms with van der Waals surface area (Å²) in [5, 5.41) is 3.70. The summed E-state index contributed by atoms with van der Waals surface area (Å²) >= 11 is 0. The third-order valence-corrected chi connectivity index (χ3v) is 6.17. The largest absolute Gasteiger partial charge is 0.381 e. The van der Waals surface area contributed by atoms with Crippen LogP contribution in [0.5, 0.6) is 0 Å². The Morgan fingerprint density at radius 1 is 1.16 bits per heavy atom. The van der Waals surface area contributed by atoms with E-state index in [0.717, 1.165) is 58.6 Å². The lowest BCUT2D eigenvalue weighted by atomic mass is 9.79. The second-order valence-corrected chi connectivity index (χ2v) is 7.90. The highest BCUT2D eigenvalue weighted by molar-refractivity contribution is 5.79. The number of nitrogens with zero attached hydrogens (tertiary/aromatic N) is 3. The van der Waals surface area contributed by atoms with Gasteiger partial charge >= 0.3 is 0 Å². The van der Waals surface area contributed by atoms with Crippen LogP contribution in [0.15, 0.2) is 4.99 Å². The van der Waals surface area contributed by atoms with E-state index in [9.17, 15) is 0 Å². The first-order valence-electron chi connectivity index (χ1n) is 10.1. The molecule has 1 N–H and O–H groups in total. The first kappa shape index (κ1) is 18.9. The fourth-order valence-electron chi connectivity index (χ4n) is 4.68. The number of ether oxygens (including phenoxy) is 2. The van der Waals surface area contributed by atoms with Crippen molar-refractivity contribution in [1.29, 1.82) is 0 Å². The van der Waals surface area contributed by atoms with Crippen LogP contribution in [0.3, 0.4) is 0 Å². The van der Waals surface area contributed by atoms with Crippen molar-refractivity contribution in [2.24, 2.45) is 10.9 Å². The highest BCUT2D eigenvalue weighted by Gasteiger charge is 2.38. The Hall–Kier alpha value is -0.850. The van der Waals surface area contributed by atoms with Gasteiger partial charge in [0.2, 0.25) is 0 Å². The van der Waals surface area contributed by atoms with Gasteiger partial charge in [0.25, 0.3) is 0 Å². The number of nitrogens with one attached hydrogen (secondary N) is 1. The summed E-state index contributed by atoms with van der Waals surface area (Å²) in [6, 6.07) is 0. The van der Waals surface area contributed by atoms with Crippen molar-refractivity contribution in [3.63, 3.8) is 0 Å². The molecule has 6 heteroatoms. The summed E-state index contributed by atoms with van der Waals surface area (Å²) in [5.74, 6) is 1.65. The van der Waals surface area contributed by atoms with Crippen molar-refractivity contribution >= 4 is 5.96 Å². The Morgan fingerprint density at radius 3 is 2.56 bits per heavy atom. The summed E-state index contributed by atoms with van der Waals surface area (Å²) < 4.78 is 11.1. The van der Waals surface area contributed by atoms with Crippen LogP contribution < -0.4 is 5.32 Å². The van der Waals surface area contributed by atoms with E-state index in [0.29, 0.717) is 5.92 Å². The van der Waals surface area contributed by atoms with Gasteiger partial charge in [0, 0.05) is 58.3 Å². The van der Waals surface area contributed by atoms with E-state index < -0.39 is 0 Å². The van der Waals surface area contributed by atoms with Gasteiger partial charge in [-0.05, 0) is 19.3 Å². The minimum atomic E-state index is 0.273. The molecule has 3 aliphatic rings. The van der Waals surface area contributed by atoms with Gasteiger partial charge in [0.1, 0.15) is 0 Å². The molecular formula is C19H36N4O2. The van der Waals surface area contributed by atoms with E-state index in [1.165, 1.54) is 38.5 Å². The molecule has 0 aromatic heterocycles. The molecule has 0 bridgehead atoms. The van der Waals surface area contributed by atoms with E-state index >= 15 is 0 Å². The van der Waals surface area contributed by atoms with E-state index in [4.69, 9.17) is 9.47 Å². The molecule has 3 rings (SSSR count). The smallest absolute Gasteiger partial charge is 0.193 e. The molecule has 1 atom stereocenters. The summed E-state index contributed by atoms with van der Waals surface area (Å²) in [7, 11) is 4.04. The zero-order valence-corrected chi connectivity index (χ0v) is 16.1. The number of aliphatic imine (C=N–C) groups is 1. The fourth-order valence-corrected chi connectivity index (χ4v) is 4.68. The molecule has 25 heavy (non-hydrogen) atoms. The summed E-state index contributed by atoms with van der Waals surface area (Å²) in [4.78, 5) is 9.49. The summed E-state index contributed by atoms with van der Waals surface area (Å²) in [5.41, 5.74) is 0.273. The zero-order valence-electron chi connectivity index (χ0n) is 16.1. The monoisotopic (exact) mass is 352 g/mol. The molecule has 144 valence electrons. The Bertz CT molecular complexity index is 425. The van der Waals surface area contributed by atoms with Crippen LogP contribution in [0.4, 0.5) is 0 Å². The maximum atomic E-state index is 5.59. The predicted molar refractivity (Wildman–Crippen MR) is 101 cm³/mol. The van der Waals surface area contributed by atoms with Gasteiger partial charge in [-0.1, -0.05) is 19.3 Å². The molecule has 2 aliphatic heterocycles. The number of hydrogen-bond donors (Lipinski definition) is 1. The molecule has 1 aliphatic carbocycles. The van der Waals surface area contributed by atoms with E-state index in [1.54, 1.807) is 0 Å². The van der Waals surface area contributed by atoms with Crippen LogP contribution >= 0.6 is 0 Å². The van der Waals surface area contributed by atoms with Crippen LogP contribution in [-0.2, 0) is 9.47 Å². The Kier molecular flexibility index (Phi) is 6.96. The lowest BCUT2D eigenvalue weighted by Gasteiger charge is -2.48. The predicted octanol–water partition coefficient (Wildman–Crippen LogP) is 1.57. The van der Waals surface area contributed by atoms with Crippen LogP contribution in [-0.4, -0.2) is 88.0 Å². The van der Waals surface area contributed by atoms with Crippen LogP contribution in [0.2, 0.25) is 0 Å².